The van der Waals surface area contributed by atoms with Crippen molar-refractivity contribution in [2.75, 3.05) is 0 Å². The van der Waals surface area contributed by atoms with Crippen LogP contribution in [0.4, 0.5) is 0 Å². The lowest BCUT2D eigenvalue weighted by molar-refractivity contribution is 0.429. The van der Waals surface area contributed by atoms with E-state index in [9.17, 15) is 0 Å². The molecule has 22 heavy (non-hydrogen) atoms. The molecule has 0 heterocycles. The van der Waals surface area contributed by atoms with E-state index in [1.807, 2.05) is 0 Å². The van der Waals surface area contributed by atoms with Crippen molar-refractivity contribution < 1.29 is 0 Å². The maximum atomic E-state index is 3.91. The SMILES string of the molecule is CC(C)(C)C1=CC2CC3C=C(C(C)(C)C)C=C(Br)C3C2C=C1. The number of halogens is 1. The van der Waals surface area contributed by atoms with Crippen LogP contribution < -0.4 is 0 Å². The van der Waals surface area contributed by atoms with Crippen molar-refractivity contribution in [1.82, 2.24) is 0 Å². The largest absolute Gasteiger partial charge is 0.0799 e. The molecule has 1 fully saturated rings. The number of hydrogen-bond donors (Lipinski definition) is 0. The van der Waals surface area contributed by atoms with Crippen LogP contribution in [0.5, 0.6) is 0 Å². The van der Waals surface area contributed by atoms with Gasteiger partial charge in [-0.15, -0.1) is 0 Å². The van der Waals surface area contributed by atoms with Crippen molar-refractivity contribution >= 4 is 15.9 Å². The van der Waals surface area contributed by atoms with Gasteiger partial charge in [0, 0.05) is 5.92 Å². The standard InChI is InChI=1S/C21H29Br/c1-20(2,3)15-7-8-17-13(10-15)9-14-11-16(21(4,5)6)12-18(22)19(14)17/h7-8,10-14,17,19H,9H2,1-6H3. The number of allylic oxidation sites excluding steroid dienone is 8. The molecule has 0 bridgehead atoms. The van der Waals surface area contributed by atoms with E-state index in [2.05, 4.69) is 87.9 Å². The highest BCUT2D eigenvalue weighted by molar-refractivity contribution is 9.11. The molecule has 0 aliphatic heterocycles. The summed E-state index contributed by atoms with van der Waals surface area (Å²) in [6, 6.07) is 0. The minimum Gasteiger partial charge on any atom is -0.0799 e. The molecule has 0 spiro atoms. The van der Waals surface area contributed by atoms with Crippen LogP contribution in [0.3, 0.4) is 0 Å². The van der Waals surface area contributed by atoms with E-state index in [4.69, 9.17) is 0 Å². The normalized spacial score (nSPS) is 34.6. The Morgan fingerprint density at radius 3 is 2.09 bits per heavy atom. The second-order valence-corrected chi connectivity index (χ2v) is 10.2. The van der Waals surface area contributed by atoms with Crippen LogP contribution >= 0.6 is 15.9 Å². The Morgan fingerprint density at radius 2 is 1.50 bits per heavy atom. The Labute approximate surface area is 144 Å². The van der Waals surface area contributed by atoms with Gasteiger partial charge in [-0.25, -0.2) is 0 Å². The van der Waals surface area contributed by atoms with Gasteiger partial charge in [0.05, 0.1) is 0 Å². The molecular weight excluding hydrogens is 332 g/mol. The fourth-order valence-electron chi connectivity index (χ4n) is 4.16. The first-order valence-corrected chi connectivity index (χ1v) is 9.36. The van der Waals surface area contributed by atoms with Crippen molar-refractivity contribution in [2.45, 2.75) is 48.0 Å². The Bertz CT molecular complexity index is 586. The fraction of sp³-hybridized carbons (Fsp3) is 0.619. The first-order valence-electron chi connectivity index (χ1n) is 8.57. The van der Waals surface area contributed by atoms with E-state index in [0.717, 1.165) is 0 Å². The molecule has 3 aliphatic rings. The highest BCUT2D eigenvalue weighted by atomic mass is 79.9. The van der Waals surface area contributed by atoms with Crippen molar-refractivity contribution in [3.05, 3.63) is 46.0 Å². The quantitative estimate of drug-likeness (QED) is 0.452. The highest BCUT2D eigenvalue weighted by Crippen LogP contribution is 2.54. The van der Waals surface area contributed by atoms with Crippen molar-refractivity contribution in [3.8, 4) is 0 Å². The maximum Gasteiger partial charge on any atom is 0.00364 e. The van der Waals surface area contributed by atoms with Crippen LogP contribution in [0.15, 0.2) is 46.0 Å². The molecule has 0 aromatic rings. The average molecular weight is 361 g/mol. The first kappa shape index (κ1) is 16.3. The van der Waals surface area contributed by atoms with Crippen LogP contribution in [-0.4, -0.2) is 0 Å². The molecule has 0 N–H and O–H groups in total. The zero-order chi connectivity index (χ0) is 16.3. The lowest BCUT2D eigenvalue weighted by Gasteiger charge is -2.32. The van der Waals surface area contributed by atoms with Crippen molar-refractivity contribution in [2.24, 2.45) is 34.5 Å². The van der Waals surface area contributed by atoms with E-state index in [0.29, 0.717) is 23.7 Å². The van der Waals surface area contributed by atoms with Gasteiger partial charge in [-0.1, -0.05) is 81.8 Å². The summed E-state index contributed by atoms with van der Waals surface area (Å²) in [4.78, 5) is 0. The number of hydrogen-bond acceptors (Lipinski definition) is 0. The second kappa shape index (κ2) is 5.23. The van der Waals surface area contributed by atoms with Crippen LogP contribution in [0.1, 0.15) is 48.0 Å². The van der Waals surface area contributed by atoms with Crippen LogP contribution in [0.25, 0.3) is 0 Å². The molecule has 0 saturated heterocycles. The maximum absolute atomic E-state index is 3.91. The van der Waals surface area contributed by atoms with Gasteiger partial charge in [0.25, 0.3) is 0 Å². The summed E-state index contributed by atoms with van der Waals surface area (Å²) in [5.74, 6) is 2.69. The summed E-state index contributed by atoms with van der Waals surface area (Å²) < 4.78 is 1.41. The van der Waals surface area contributed by atoms with Gasteiger partial charge >= 0.3 is 0 Å². The zero-order valence-electron chi connectivity index (χ0n) is 14.8. The molecule has 0 aromatic heterocycles. The molecule has 120 valence electrons. The lowest BCUT2D eigenvalue weighted by atomic mass is 9.74. The van der Waals surface area contributed by atoms with Gasteiger partial charge in [0.2, 0.25) is 0 Å². The Kier molecular flexibility index (Phi) is 3.87. The van der Waals surface area contributed by atoms with E-state index in [-0.39, 0.29) is 10.8 Å². The number of fused-ring (bicyclic) bond motifs is 3. The fourth-order valence-corrected chi connectivity index (χ4v) is 5.05. The van der Waals surface area contributed by atoms with Gasteiger partial charge < -0.3 is 0 Å². The smallest absolute Gasteiger partial charge is 0.00364 e. The predicted molar refractivity (Wildman–Crippen MR) is 99.8 cm³/mol. The molecule has 0 nitrogen and oxygen atoms in total. The van der Waals surface area contributed by atoms with E-state index in [1.54, 1.807) is 0 Å². The van der Waals surface area contributed by atoms with Gasteiger partial charge in [-0.05, 0) is 56.7 Å². The summed E-state index contributed by atoms with van der Waals surface area (Å²) in [6.45, 7) is 13.9. The molecule has 3 rings (SSSR count). The zero-order valence-corrected chi connectivity index (χ0v) is 16.4. The third-order valence-corrected chi connectivity index (χ3v) is 6.30. The molecule has 4 unspecified atom stereocenters. The monoisotopic (exact) mass is 360 g/mol. The molecule has 0 radical (unpaired) electrons. The Hall–Kier alpha value is -0.560. The molecule has 4 atom stereocenters. The Balaban J connectivity index is 1.92. The third-order valence-electron chi connectivity index (χ3n) is 5.54. The number of rotatable bonds is 0. The first-order chi connectivity index (χ1) is 10.1. The van der Waals surface area contributed by atoms with Crippen LogP contribution in [0.2, 0.25) is 0 Å². The summed E-state index contributed by atoms with van der Waals surface area (Å²) in [5, 5.41) is 0. The minimum atomic E-state index is 0.236. The van der Waals surface area contributed by atoms with Gasteiger partial charge in [0.15, 0.2) is 0 Å². The summed E-state index contributed by atoms with van der Waals surface area (Å²) in [6.07, 6.45) is 13.7. The summed E-state index contributed by atoms with van der Waals surface area (Å²) in [7, 11) is 0. The van der Waals surface area contributed by atoms with E-state index in [1.165, 1.54) is 22.0 Å². The summed E-state index contributed by atoms with van der Waals surface area (Å²) >= 11 is 3.91. The molecule has 1 heteroatoms. The van der Waals surface area contributed by atoms with Gasteiger partial charge in [0.1, 0.15) is 0 Å². The van der Waals surface area contributed by atoms with Gasteiger partial charge in [-0.2, -0.15) is 0 Å². The highest BCUT2D eigenvalue weighted by Gasteiger charge is 2.45. The van der Waals surface area contributed by atoms with Gasteiger partial charge in [-0.3, -0.25) is 0 Å². The molecule has 0 aromatic carbocycles. The van der Waals surface area contributed by atoms with Crippen LogP contribution in [0, 0.1) is 34.5 Å². The Morgan fingerprint density at radius 1 is 0.909 bits per heavy atom. The molecule has 3 aliphatic carbocycles. The molecule has 1 saturated carbocycles. The average Bonchev–Trinajstić information content (AvgIpc) is 2.74. The topological polar surface area (TPSA) is 0 Å². The second-order valence-electron chi connectivity index (χ2n) is 9.30. The third kappa shape index (κ3) is 2.82. The van der Waals surface area contributed by atoms with Crippen molar-refractivity contribution in [3.63, 3.8) is 0 Å². The lowest BCUT2D eigenvalue weighted by Crippen LogP contribution is -2.22. The van der Waals surface area contributed by atoms with E-state index < -0.39 is 0 Å². The molecular formula is C21H29Br. The minimum absolute atomic E-state index is 0.236. The van der Waals surface area contributed by atoms with E-state index >= 15 is 0 Å². The predicted octanol–water partition coefficient (Wildman–Crippen LogP) is 6.66. The molecule has 0 amide bonds. The van der Waals surface area contributed by atoms with Crippen molar-refractivity contribution in [1.29, 1.82) is 0 Å². The van der Waals surface area contributed by atoms with Crippen LogP contribution in [-0.2, 0) is 0 Å². The summed E-state index contributed by atoms with van der Waals surface area (Å²) in [5.41, 5.74) is 3.49.